The maximum atomic E-state index is 12.5. The molecule has 3 aromatic rings. The maximum Gasteiger partial charge on any atom is 0.361 e. The maximum absolute atomic E-state index is 12.5. The summed E-state index contributed by atoms with van der Waals surface area (Å²) in [5.74, 6) is -0.228. The summed E-state index contributed by atoms with van der Waals surface area (Å²) in [6.07, 6.45) is -1.05. The normalized spacial score (nSPS) is 11.5. The highest BCUT2D eigenvalue weighted by atomic mass is 16.5. The van der Waals surface area contributed by atoms with Crippen LogP contribution in [0.25, 0.3) is 5.69 Å². The second kappa shape index (κ2) is 9.08. The van der Waals surface area contributed by atoms with Crippen molar-refractivity contribution in [3.63, 3.8) is 0 Å². The van der Waals surface area contributed by atoms with E-state index in [2.05, 4.69) is 15.5 Å². The van der Waals surface area contributed by atoms with Gasteiger partial charge in [-0.3, -0.25) is 4.79 Å². The molecule has 9 nitrogen and oxygen atoms in total. The van der Waals surface area contributed by atoms with Crippen LogP contribution >= 0.6 is 0 Å². The summed E-state index contributed by atoms with van der Waals surface area (Å²) >= 11 is 0. The number of aromatic nitrogens is 3. The van der Waals surface area contributed by atoms with Crippen LogP contribution in [0.3, 0.4) is 0 Å². The van der Waals surface area contributed by atoms with E-state index in [9.17, 15) is 9.59 Å². The summed E-state index contributed by atoms with van der Waals surface area (Å²) in [5, 5.41) is 11.1. The molecule has 0 unspecified atom stereocenters. The lowest BCUT2D eigenvalue weighted by Crippen LogP contribution is -2.30. The molecule has 9 heteroatoms. The molecule has 0 spiro atoms. The van der Waals surface area contributed by atoms with E-state index in [1.165, 1.54) is 25.9 Å². The van der Waals surface area contributed by atoms with Crippen molar-refractivity contribution >= 4 is 17.6 Å². The molecule has 30 heavy (non-hydrogen) atoms. The van der Waals surface area contributed by atoms with E-state index in [1.54, 1.807) is 25.1 Å². The standard InChI is InChI=1S/C21H22N4O5/c1-13-19(24-25(23-13)16-8-6-5-7-9-16)21(27)30-14(2)20(26)22-15-10-11-17(28-3)18(12-15)29-4/h5-12,14H,1-4H3,(H,22,26)/t14-/m0/s1. The van der Waals surface area contributed by atoms with Crippen molar-refractivity contribution in [2.45, 2.75) is 20.0 Å². The number of benzene rings is 2. The molecule has 1 atom stereocenters. The second-order valence-corrected chi connectivity index (χ2v) is 6.37. The lowest BCUT2D eigenvalue weighted by atomic mass is 10.2. The van der Waals surface area contributed by atoms with E-state index in [0.29, 0.717) is 28.6 Å². The number of aryl methyl sites for hydroxylation is 1. The Balaban J connectivity index is 1.67. The summed E-state index contributed by atoms with van der Waals surface area (Å²) in [5.41, 5.74) is 1.63. The van der Waals surface area contributed by atoms with Gasteiger partial charge in [0, 0.05) is 11.8 Å². The van der Waals surface area contributed by atoms with Crippen LogP contribution in [0.5, 0.6) is 11.5 Å². The van der Waals surface area contributed by atoms with E-state index in [4.69, 9.17) is 14.2 Å². The van der Waals surface area contributed by atoms with Crippen LogP contribution in [0.1, 0.15) is 23.1 Å². The molecule has 156 valence electrons. The van der Waals surface area contributed by atoms with Gasteiger partial charge in [0.15, 0.2) is 23.3 Å². The summed E-state index contributed by atoms with van der Waals surface area (Å²) in [7, 11) is 3.02. The van der Waals surface area contributed by atoms with Crippen molar-refractivity contribution in [1.29, 1.82) is 0 Å². The first-order valence-electron chi connectivity index (χ1n) is 9.16. The zero-order valence-electron chi connectivity index (χ0n) is 17.1. The van der Waals surface area contributed by atoms with E-state index in [-0.39, 0.29) is 5.69 Å². The molecular weight excluding hydrogens is 388 g/mol. The molecule has 0 fully saturated rings. The third kappa shape index (κ3) is 4.57. The van der Waals surface area contributed by atoms with Gasteiger partial charge in [-0.1, -0.05) is 18.2 Å². The zero-order valence-corrected chi connectivity index (χ0v) is 17.1. The van der Waals surface area contributed by atoms with Gasteiger partial charge in [-0.15, -0.1) is 5.10 Å². The minimum Gasteiger partial charge on any atom is -0.493 e. The van der Waals surface area contributed by atoms with Gasteiger partial charge >= 0.3 is 5.97 Å². The van der Waals surface area contributed by atoms with Gasteiger partial charge in [0.05, 0.1) is 25.6 Å². The molecule has 1 heterocycles. The number of amides is 1. The fraction of sp³-hybridized carbons (Fsp3) is 0.238. The number of nitrogens with one attached hydrogen (secondary N) is 1. The smallest absolute Gasteiger partial charge is 0.361 e. The molecule has 1 N–H and O–H groups in total. The average Bonchev–Trinajstić information content (AvgIpc) is 3.16. The number of hydrogen-bond acceptors (Lipinski definition) is 7. The predicted molar refractivity (Wildman–Crippen MR) is 109 cm³/mol. The molecule has 0 aliphatic rings. The number of nitrogens with zero attached hydrogens (tertiary/aromatic N) is 3. The Labute approximate surface area is 173 Å². The quantitative estimate of drug-likeness (QED) is 0.597. The lowest BCUT2D eigenvalue weighted by Gasteiger charge is -2.14. The van der Waals surface area contributed by atoms with Crippen molar-refractivity contribution < 1.29 is 23.8 Å². The van der Waals surface area contributed by atoms with E-state index in [1.807, 2.05) is 30.3 Å². The van der Waals surface area contributed by atoms with Crippen molar-refractivity contribution in [3.05, 3.63) is 59.9 Å². The number of esters is 1. The number of anilines is 1. The first-order chi connectivity index (χ1) is 14.4. The SMILES string of the molecule is COc1ccc(NC(=O)[C@H](C)OC(=O)c2nn(-c3ccccc3)nc2C)cc1OC. The average molecular weight is 410 g/mol. The Morgan fingerprint density at radius 2 is 1.70 bits per heavy atom. The fourth-order valence-corrected chi connectivity index (χ4v) is 2.67. The Hall–Kier alpha value is -3.88. The summed E-state index contributed by atoms with van der Waals surface area (Å²) in [6.45, 7) is 3.13. The van der Waals surface area contributed by atoms with Gasteiger partial charge < -0.3 is 19.5 Å². The van der Waals surface area contributed by atoms with E-state index in [0.717, 1.165) is 0 Å². The van der Waals surface area contributed by atoms with Crippen LogP contribution in [0.2, 0.25) is 0 Å². The van der Waals surface area contributed by atoms with Gasteiger partial charge in [-0.25, -0.2) is 4.79 Å². The Kier molecular flexibility index (Phi) is 6.31. The molecule has 2 aromatic carbocycles. The van der Waals surface area contributed by atoms with E-state index >= 15 is 0 Å². The minimum atomic E-state index is -1.05. The molecule has 1 amide bonds. The van der Waals surface area contributed by atoms with Crippen LogP contribution in [0.4, 0.5) is 5.69 Å². The topological polar surface area (TPSA) is 105 Å². The van der Waals surface area contributed by atoms with Crippen LogP contribution in [0, 0.1) is 6.92 Å². The predicted octanol–water partition coefficient (Wildman–Crippen LogP) is 2.78. The van der Waals surface area contributed by atoms with Crippen molar-refractivity contribution in [3.8, 4) is 17.2 Å². The number of carbonyl (C=O) groups excluding carboxylic acids is 2. The molecule has 3 rings (SSSR count). The van der Waals surface area contributed by atoms with Crippen LogP contribution in [0.15, 0.2) is 48.5 Å². The fourth-order valence-electron chi connectivity index (χ4n) is 2.67. The molecule has 0 radical (unpaired) electrons. The van der Waals surface area contributed by atoms with Crippen LogP contribution < -0.4 is 14.8 Å². The van der Waals surface area contributed by atoms with Gasteiger partial charge in [0.25, 0.3) is 5.91 Å². The zero-order chi connectivity index (χ0) is 21.7. The summed E-state index contributed by atoms with van der Waals surface area (Å²) in [4.78, 5) is 26.3. The molecule has 0 saturated carbocycles. The molecule has 0 aliphatic carbocycles. The summed E-state index contributed by atoms with van der Waals surface area (Å²) in [6, 6.07) is 14.1. The lowest BCUT2D eigenvalue weighted by molar-refractivity contribution is -0.123. The third-order valence-corrected chi connectivity index (χ3v) is 4.27. The number of carbonyl (C=O) groups is 2. The van der Waals surface area contributed by atoms with Crippen LogP contribution in [-0.4, -0.2) is 47.2 Å². The number of methoxy groups -OCH3 is 2. The van der Waals surface area contributed by atoms with Gasteiger partial charge in [-0.2, -0.15) is 9.90 Å². The number of para-hydroxylation sites is 1. The molecule has 0 aliphatic heterocycles. The van der Waals surface area contributed by atoms with Crippen molar-refractivity contribution in [1.82, 2.24) is 15.0 Å². The number of rotatable bonds is 7. The first kappa shape index (κ1) is 20.8. The minimum absolute atomic E-state index is 0.0459. The van der Waals surface area contributed by atoms with Crippen molar-refractivity contribution in [2.24, 2.45) is 0 Å². The van der Waals surface area contributed by atoms with Gasteiger partial charge in [0.1, 0.15) is 0 Å². The highest BCUT2D eigenvalue weighted by molar-refractivity contribution is 5.97. The highest BCUT2D eigenvalue weighted by Gasteiger charge is 2.24. The third-order valence-electron chi connectivity index (χ3n) is 4.27. The first-order valence-corrected chi connectivity index (χ1v) is 9.16. The van der Waals surface area contributed by atoms with Crippen LogP contribution in [-0.2, 0) is 9.53 Å². The Morgan fingerprint density at radius 3 is 2.37 bits per heavy atom. The van der Waals surface area contributed by atoms with E-state index < -0.39 is 18.0 Å². The Morgan fingerprint density at radius 1 is 1.00 bits per heavy atom. The highest BCUT2D eigenvalue weighted by Crippen LogP contribution is 2.29. The second-order valence-electron chi connectivity index (χ2n) is 6.37. The van der Waals surface area contributed by atoms with Gasteiger partial charge in [0.2, 0.25) is 0 Å². The molecule has 1 aromatic heterocycles. The largest absolute Gasteiger partial charge is 0.493 e. The van der Waals surface area contributed by atoms with Gasteiger partial charge in [-0.05, 0) is 38.1 Å². The molecular formula is C21H22N4O5. The molecule has 0 saturated heterocycles. The summed E-state index contributed by atoms with van der Waals surface area (Å²) < 4.78 is 15.7. The number of hydrogen-bond donors (Lipinski definition) is 1. The number of ether oxygens (including phenoxy) is 3. The monoisotopic (exact) mass is 410 g/mol. The Bertz CT molecular complexity index is 1050. The molecule has 0 bridgehead atoms. The van der Waals surface area contributed by atoms with Crippen molar-refractivity contribution in [2.75, 3.05) is 19.5 Å².